The number of halogens is 3. The second kappa shape index (κ2) is 8.52. The average molecular weight is 426 g/mol. The number of rotatable bonds is 4. The molecule has 3 saturated heterocycles. The van der Waals surface area contributed by atoms with E-state index in [-0.39, 0.29) is 36.8 Å². The van der Waals surface area contributed by atoms with Crippen LogP contribution in [0.3, 0.4) is 0 Å². The number of hydrogen-bond donors (Lipinski definition) is 0. The molecule has 10 heteroatoms. The van der Waals surface area contributed by atoms with Gasteiger partial charge in [0.15, 0.2) is 0 Å². The zero-order chi connectivity index (χ0) is 21.3. The van der Waals surface area contributed by atoms with E-state index in [0.29, 0.717) is 58.2 Å². The first-order valence-corrected chi connectivity index (χ1v) is 10.2. The number of benzene rings is 1. The summed E-state index contributed by atoms with van der Waals surface area (Å²) < 4.78 is 46.5. The average Bonchev–Trinajstić information content (AvgIpc) is 3.07. The van der Waals surface area contributed by atoms with Crippen LogP contribution in [-0.4, -0.2) is 79.2 Å². The third-order valence-electron chi connectivity index (χ3n) is 5.83. The Labute approximate surface area is 172 Å². The highest BCUT2D eigenvalue weighted by Gasteiger charge is 2.37. The Bertz CT molecular complexity index is 787. The van der Waals surface area contributed by atoms with Crippen LogP contribution in [0.2, 0.25) is 0 Å². The number of amides is 2. The van der Waals surface area contributed by atoms with Gasteiger partial charge in [-0.05, 0) is 17.7 Å². The lowest BCUT2D eigenvalue weighted by atomic mass is 10.0. The van der Waals surface area contributed by atoms with E-state index in [0.717, 1.165) is 0 Å². The molecule has 164 valence electrons. The number of carbonyl (C=O) groups excluding carboxylic acids is 2. The summed E-state index contributed by atoms with van der Waals surface area (Å²) in [7, 11) is 0. The molecule has 0 bridgehead atoms. The minimum absolute atomic E-state index is 0.175. The van der Waals surface area contributed by atoms with Gasteiger partial charge in [-0.3, -0.25) is 14.5 Å². The van der Waals surface area contributed by atoms with Crippen LogP contribution in [0, 0.1) is 0 Å². The summed E-state index contributed by atoms with van der Waals surface area (Å²) >= 11 is 0. The predicted molar refractivity (Wildman–Crippen MR) is 102 cm³/mol. The van der Waals surface area contributed by atoms with Gasteiger partial charge in [0.2, 0.25) is 11.8 Å². The molecule has 2 amide bonds. The molecule has 1 aromatic carbocycles. The molecule has 0 radical (unpaired) electrons. The summed E-state index contributed by atoms with van der Waals surface area (Å²) in [5.41, 5.74) is 0.186. The summed E-state index contributed by atoms with van der Waals surface area (Å²) in [4.78, 5) is 27.6. The quantitative estimate of drug-likeness (QED) is 0.684. The predicted octanol–water partition coefficient (Wildman–Crippen LogP) is 1.72. The summed E-state index contributed by atoms with van der Waals surface area (Å²) in [6.45, 7) is 4.19. The number of alkyl halides is 3. The van der Waals surface area contributed by atoms with Gasteiger partial charge in [0.05, 0.1) is 18.8 Å². The van der Waals surface area contributed by atoms with E-state index >= 15 is 0 Å². The van der Waals surface area contributed by atoms with Crippen molar-refractivity contribution in [3.63, 3.8) is 0 Å². The molecule has 1 aromatic rings. The highest BCUT2D eigenvalue weighted by Crippen LogP contribution is 2.35. The van der Waals surface area contributed by atoms with E-state index in [9.17, 15) is 22.8 Å². The first kappa shape index (κ1) is 21.1. The highest BCUT2D eigenvalue weighted by molar-refractivity contribution is 6.01. The van der Waals surface area contributed by atoms with Gasteiger partial charge < -0.3 is 9.64 Å². The third-order valence-corrected chi connectivity index (χ3v) is 5.83. The van der Waals surface area contributed by atoms with Gasteiger partial charge in [-0.25, -0.2) is 10.0 Å². The van der Waals surface area contributed by atoms with E-state index in [1.807, 2.05) is 9.80 Å². The van der Waals surface area contributed by atoms with Gasteiger partial charge in [-0.1, -0.05) is 6.07 Å². The van der Waals surface area contributed by atoms with Crippen molar-refractivity contribution >= 4 is 17.5 Å². The molecule has 0 aliphatic carbocycles. The van der Waals surface area contributed by atoms with Crippen molar-refractivity contribution in [3.8, 4) is 0 Å². The maximum Gasteiger partial charge on any atom is 0.416 e. The minimum Gasteiger partial charge on any atom is -0.378 e. The van der Waals surface area contributed by atoms with Gasteiger partial charge in [-0.2, -0.15) is 13.2 Å². The maximum absolute atomic E-state index is 13.8. The maximum atomic E-state index is 13.8. The molecule has 0 atom stereocenters. The molecule has 3 fully saturated rings. The summed E-state index contributed by atoms with van der Waals surface area (Å²) in [6, 6.07) is 4.54. The monoisotopic (exact) mass is 426 g/mol. The standard InChI is InChI=1S/C20H25F3N4O3/c21-20(22,23)17-13-16(25-9-11-30-12-10-25)2-1-15(17)14-24-5-7-26(8-6-24)27-18(28)3-4-19(27)29/h1-2,13H,3-12,14H2. The Kier molecular flexibility index (Phi) is 5.99. The van der Waals surface area contributed by atoms with Crippen molar-refractivity contribution in [2.75, 3.05) is 57.4 Å². The summed E-state index contributed by atoms with van der Waals surface area (Å²) in [6.07, 6.45) is -3.99. The number of imide groups is 1. The van der Waals surface area contributed by atoms with Crippen molar-refractivity contribution in [2.24, 2.45) is 0 Å². The topological polar surface area (TPSA) is 56.3 Å². The Hall–Kier alpha value is -2.17. The van der Waals surface area contributed by atoms with Crippen LogP contribution in [0.15, 0.2) is 18.2 Å². The second-order valence-electron chi connectivity index (χ2n) is 7.77. The van der Waals surface area contributed by atoms with E-state index in [1.54, 1.807) is 17.1 Å². The minimum atomic E-state index is -4.44. The lowest BCUT2D eigenvalue weighted by Gasteiger charge is -2.38. The Morgan fingerprint density at radius 3 is 2.13 bits per heavy atom. The van der Waals surface area contributed by atoms with Crippen molar-refractivity contribution in [2.45, 2.75) is 25.6 Å². The molecule has 0 aromatic heterocycles. The van der Waals surface area contributed by atoms with Crippen LogP contribution in [-0.2, 0) is 27.0 Å². The molecule has 3 heterocycles. The summed E-state index contributed by atoms with van der Waals surface area (Å²) in [5, 5.41) is 2.91. The van der Waals surface area contributed by atoms with Crippen molar-refractivity contribution in [1.82, 2.24) is 14.9 Å². The number of hydrogen-bond acceptors (Lipinski definition) is 6. The van der Waals surface area contributed by atoms with Crippen LogP contribution in [0.5, 0.6) is 0 Å². The molecule has 4 rings (SSSR count). The fourth-order valence-electron chi connectivity index (χ4n) is 4.20. The lowest BCUT2D eigenvalue weighted by molar-refractivity contribution is -0.160. The molecule has 0 spiro atoms. The molecular formula is C20H25F3N4O3. The summed E-state index contributed by atoms with van der Waals surface area (Å²) in [5.74, 6) is -0.405. The van der Waals surface area contributed by atoms with Gasteiger partial charge >= 0.3 is 6.18 Å². The fourth-order valence-corrected chi connectivity index (χ4v) is 4.20. The Balaban J connectivity index is 1.44. The number of ether oxygens (including phenoxy) is 1. The lowest BCUT2D eigenvalue weighted by Crippen LogP contribution is -2.55. The van der Waals surface area contributed by atoms with Gasteiger partial charge in [0.1, 0.15) is 0 Å². The molecule has 3 aliphatic rings. The zero-order valence-electron chi connectivity index (χ0n) is 16.7. The number of anilines is 1. The van der Waals surface area contributed by atoms with Crippen LogP contribution >= 0.6 is 0 Å². The number of carbonyl (C=O) groups is 2. The third kappa shape index (κ3) is 4.45. The zero-order valence-corrected chi connectivity index (χ0v) is 16.7. The van der Waals surface area contributed by atoms with E-state index in [1.165, 1.54) is 11.1 Å². The van der Waals surface area contributed by atoms with Crippen molar-refractivity contribution in [3.05, 3.63) is 29.3 Å². The van der Waals surface area contributed by atoms with E-state index in [2.05, 4.69) is 0 Å². The molecule has 0 N–H and O–H groups in total. The SMILES string of the molecule is O=C1CCC(=O)N1N1CCN(Cc2ccc(N3CCOCC3)cc2C(F)(F)F)CC1. The molecule has 7 nitrogen and oxygen atoms in total. The fraction of sp³-hybridized carbons (Fsp3) is 0.600. The smallest absolute Gasteiger partial charge is 0.378 e. The van der Waals surface area contributed by atoms with Crippen LogP contribution < -0.4 is 4.90 Å². The van der Waals surface area contributed by atoms with Gasteiger partial charge in [0.25, 0.3) is 0 Å². The van der Waals surface area contributed by atoms with E-state index < -0.39 is 11.7 Å². The van der Waals surface area contributed by atoms with Gasteiger partial charge in [0, 0.05) is 64.3 Å². The molecule has 30 heavy (non-hydrogen) atoms. The van der Waals surface area contributed by atoms with Crippen LogP contribution in [0.25, 0.3) is 0 Å². The van der Waals surface area contributed by atoms with Crippen molar-refractivity contribution in [1.29, 1.82) is 0 Å². The second-order valence-corrected chi connectivity index (χ2v) is 7.77. The molecule has 0 unspecified atom stereocenters. The molecular weight excluding hydrogens is 401 g/mol. The van der Waals surface area contributed by atoms with E-state index in [4.69, 9.17) is 4.74 Å². The van der Waals surface area contributed by atoms with Crippen LogP contribution in [0.1, 0.15) is 24.0 Å². The highest BCUT2D eigenvalue weighted by atomic mass is 19.4. The largest absolute Gasteiger partial charge is 0.416 e. The number of piperazine rings is 1. The van der Waals surface area contributed by atoms with Gasteiger partial charge in [-0.15, -0.1) is 0 Å². The first-order chi connectivity index (χ1) is 14.3. The number of hydrazine groups is 1. The molecule has 0 saturated carbocycles. The Morgan fingerprint density at radius 1 is 0.900 bits per heavy atom. The molecule has 3 aliphatic heterocycles. The Morgan fingerprint density at radius 2 is 1.53 bits per heavy atom. The van der Waals surface area contributed by atoms with Crippen LogP contribution in [0.4, 0.5) is 18.9 Å². The number of nitrogens with zero attached hydrogens (tertiary/aromatic N) is 4. The number of morpholine rings is 1. The normalized spacial score (nSPS) is 22.2. The van der Waals surface area contributed by atoms with Crippen molar-refractivity contribution < 1.29 is 27.5 Å². The first-order valence-electron chi connectivity index (χ1n) is 10.2.